The Balaban J connectivity index is 2.12. The van der Waals surface area contributed by atoms with E-state index in [0.29, 0.717) is 6.61 Å². The molecule has 2 unspecified atom stereocenters. The van der Waals surface area contributed by atoms with E-state index in [9.17, 15) is 5.11 Å². The second-order valence-corrected chi connectivity index (χ2v) is 4.84. The summed E-state index contributed by atoms with van der Waals surface area (Å²) in [5.41, 5.74) is 1.00. The van der Waals surface area contributed by atoms with Crippen molar-refractivity contribution in [2.75, 3.05) is 13.2 Å². The first-order valence-corrected chi connectivity index (χ1v) is 6.00. The summed E-state index contributed by atoms with van der Waals surface area (Å²) < 4.78 is 6.26. The lowest BCUT2D eigenvalue weighted by atomic mass is 9.97. The van der Waals surface area contributed by atoms with Gasteiger partial charge in [-0.3, -0.25) is 0 Å². The molecule has 2 atom stereocenters. The van der Waals surface area contributed by atoms with Crippen LogP contribution >= 0.6 is 27.3 Å². The fourth-order valence-corrected chi connectivity index (χ4v) is 3.12. The summed E-state index contributed by atoms with van der Waals surface area (Å²) in [4.78, 5) is 0. The van der Waals surface area contributed by atoms with Crippen LogP contribution in [0.3, 0.4) is 0 Å². The second kappa shape index (κ2) is 4.09. The standard InChI is InChI=1S/C9H11BrO2S/c10-8-5-13-4-7(8)9(11)6-1-2-12-3-6/h4-6,9,11H,1-3H2. The minimum atomic E-state index is -0.372. The van der Waals surface area contributed by atoms with Crippen LogP contribution in [0.5, 0.6) is 0 Å². The van der Waals surface area contributed by atoms with E-state index >= 15 is 0 Å². The largest absolute Gasteiger partial charge is 0.388 e. The summed E-state index contributed by atoms with van der Waals surface area (Å²) in [7, 11) is 0. The summed E-state index contributed by atoms with van der Waals surface area (Å²) in [6.45, 7) is 1.47. The number of rotatable bonds is 2. The Morgan fingerprint density at radius 2 is 2.46 bits per heavy atom. The Labute approximate surface area is 89.7 Å². The molecule has 0 radical (unpaired) electrons. The maximum atomic E-state index is 9.99. The molecule has 1 fully saturated rings. The second-order valence-electron chi connectivity index (χ2n) is 3.24. The lowest BCUT2D eigenvalue weighted by molar-refractivity contribution is 0.0916. The average molecular weight is 263 g/mol. The molecule has 1 aliphatic rings. The van der Waals surface area contributed by atoms with Crippen molar-refractivity contribution in [2.24, 2.45) is 5.92 Å². The lowest BCUT2D eigenvalue weighted by Gasteiger charge is -2.15. The molecule has 0 saturated carbocycles. The highest BCUT2D eigenvalue weighted by Gasteiger charge is 2.26. The van der Waals surface area contributed by atoms with Gasteiger partial charge >= 0.3 is 0 Å². The number of halogens is 1. The molecule has 1 aromatic rings. The van der Waals surface area contributed by atoms with Crippen LogP contribution in [-0.4, -0.2) is 18.3 Å². The third-order valence-corrected chi connectivity index (χ3v) is 4.12. The molecule has 1 N–H and O–H groups in total. The number of aliphatic hydroxyl groups is 1. The van der Waals surface area contributed by atoms with Gasteiger partial charge in [-0.05, 0) is 27.7 Å². The van der Waals surface area contributed by atoms with Gasteiger partial charge in [0.25, 0.3) is 0 Å². The minimum Gasteiger partial charge on any atom is -0.388 e. The van der Waals surface area contributed by atoms with Crippen molar-refractivity contribution in [2.45, 2.75) is 12.5 Å². The molecular weight excluding hydrogens is 252 g/mol. The van der Waals surface area contributed by atoms with E-state index in [-0.39, 0.29) is 12.0 Å². The molecule has 2 rings (SSSR count). The van der Waals surface area contributed by atoms with Crippen LogP contribution in [0.4, 0.5) is 0 Å². The first kappa shape index (κ1) is 9.65. The molecule has 1 aliphatic heterocycles. The zero-order valence-corrected chi connectivity index (χ0v) is 9.47. The first-order valence-electron chi connectivity index (χ1n) is 4.26. The zero-order chi connectivity index (χ0) is 9.26. The van der Waals surface area contributed by atoms with Crippen LogP contribution in [0.15, 0.2) is 15.2 Å². The molecule has 72 valence electrons. The van der Waals surface area contributed by atoms with E-state index in [1.165, 1.54) is 0 Å². The number of thiophene rings is 1. The minimum absolute atomic E-state index is 0.269. The van der Waals surface area contributed by atoms with Crippen molar-refractivity contribution < 1.29 is 9.84 Å². The fraction of sp³-hybridized carbons (Fsp3) is 0.556. The zero-order valence-electron chi connectivity index (χ0n) is 7.07. The molecule has 13 heavy (non-hydrogen) atoms. The number of ether oxygens (including phenoxy) is 1. The van der Waals surface area contributed by atoms with Gasteiger partial charge in [-0.25, -0.2) is 0 Å². The first-order chi connectivity index (χ1) is 6.29. The third kappa shape index (κ3) is 1.96. The van der Waals surface area contributed by atoms with Crippen LogP contribution in [-0.2, 0) is 4.74 Å². The van der Waals surface area contributed by atoms with Crippen molar-refractivity contribution in [1.29, 1.82) is 0 Å². The normalized spacial score (nSPS) is 24.9. The Morgan fingerprint density at radius 1 is 1.62 bits per heavy atom. The van der Waals surface area contributed by atoms with Gasteiger partial charge in [0.1, 0.15) is 0 Å². The summed E-state index contributed by atoms with van der Waals surface area (Å²) >= 11 is 5.03. The third-order valence-electron chi connectivity index (χ3n) is 2.37. The Morgan fingerprint density at radius 3 is 3.00 bits per heavy atom. The Kier molecular flexibility index (Phi) is 3.03. The van der Waals surface area contributed by atoms with Crippen molar-refractivity contribution in [3.05, 3.63) is 20.8 Å². The number of hydrogen-bond acceptors (Lipinski definition) is 3. The smallest absolute Gasteiger partial charge is 0.0860 e. The number of aliphatic hydroxyl groups excluding tert-OH is 1. The topological polar surface area (TPSA) is 29.5 Å². The maximum Gasteiger partial charge on any atom is 0.0860 e. The quantitative estimate of drug-likeness (QED) is 0.888. The molecule has 0 bridgehead atoms. The van der Waals surface area contributed by atoms with E-state index in [2.05, 4.69) is 15.9 Å². The molecule has 1 saturated heterocycles. The van der Waals surface area contributed by atoms with Crippen molar-refractivity contribution in [3.63, 3.8) is 0 Å². The van der Waals surface area contributed by atoms with Crippen LogP contribution < -0.4 is 0 Å². The summed E-state index contributed by atoms with van der Waals surface area (Å²) in [5.74, 6) is 0.269. The predicted octanol–water partition coefficient (Wildman–Crippen LogP) is 2.58. The van der Waals surface area contributed by atoms with Gasteiger partial charge in [0, 0.05) is 27.9 Å². The SMILES string of the molecule is OC(c1cscc1Br)C1CCOC1. The highest BCUT2D eigenvalue weighted by molar-refractivity contribution is 9.10. The fourth-order valence-electron chi connectivity index (χ4n) is 1.56. The maximum absolute atomic E-state index is 9.99. The van der Waals surface area contributed by atoms with Crippen LogP contribution in [0, 0.1) is 5.92 Å². The van der Waals surface area contributed by atoms with E-state index in [0.717, 1.165) is 23.1 Å². The lowest BCUT2D eigenvalue weighted by Crippen LogP contribution is -2.11. The van der Waals surface area contributed by atoms with Gasteiger partial charge in [-0.2, -0.15) is 11.3 Å². The molecule has 0 aromatic carbocycles. The van der Waals surface area contributed by atoms with E-state index in [1.54, 1.807) is 11.3 Å². The van der Waals surface area contributed by atoms with Gasteiger partial charge in [0.15, 0.2) is 0 Å². The van der Waals surface area contributed by atoms with Gasteiger partial charge in [-0.15, -0.1) is 0 Å². The summed E-state index contributed by atoms with van der Waals surface area (Å²) in [6, 6.07) is 0. The highest BCUT2D eigenvalue weighted by Crippen LogP contribution is 2.34. The van der Waals surface area contributed by atoms with Crippen LogP contribution in [0.1, 0.15) is 18.1 Å². The van der Waals surface area contributed by atoms with Crippen LogP contribution in [0.2, 0.25) is 0 Å². The van der Waals surface area contributed by atoms with Crippen molar-refractivity contribution in [3.8, 4) is 0 Å². The molecule has 4 heteroatoms. The van der Waals surface area contributed by atoms with E-state index < -0.39 is 0 Å². The van der Waals surface area contributed by atoms with Gasteiger partial charge in [-0.1, -0.05) is 0 Å². The van der Waals surface area contributed by atoms with E-state index in [1.807, 2.05) is 10.8 Å². The highest BCUT2D eigenvalue weighted by atomic mass is 79.9. The summed E-state index contributed by atoms with van der Waals surface area (Å²) in [5, 5.41) is 14.0. The monoisotopic (exact) mass is 262 g/mol. The molecule has 0 amide bonds. The Hall–Kier alpha value is 0.1000. The van der Waals surface area contributed by atoms with E-state index in [4.69, 9.17) is 4.74 Å². The van der Waals surface area contributed by atoms with Crippen molar-refractivity contribution in [1.82, 2.24) is 0 Å². The average Bonchev–Trinajstić information content (AvgIpc) is 2.72. The molecule has 1 aromatic heterocycles. The van der Waals surface area contributed by atoms with Crippen molar-refractivity contribution >= 4 is 27.3 Å². The Bertz CT molecular complexity index is 281. The molecule has 2 heterocycles. The molecular formula is C9H11BrO2S. The number of hydrogen-bond donors (Lipinski definition) is 1. The van der Waals surface area contributed by atoms with Gasteiger partial charge < -0.3 is 9.84 Å². The van der Waals surface area contributed by atoms with Crippen LogP contribution in [0.25, 0.3) is 0 Å². The van der Waals surface area contributed by atoms with Gasteiger partial charge in [0.05, 0.1) is 12.7 Å². The molecule has 2 nitrogen and oxygen atoms in total. The van der Waals surface area contributed by atoms with Gasteiger partial charge in [0.2, 0.25) is 0 Å². The summed E-state index contributed by atoms with van der Waals surface area (Å²) in [6.07, 6.45) is 0.590. The molecule has 0 spiro atoms. The molecule has 0 aliphatic carbocycles. The predicted molar refractivity (Wildman–Crippen MR) is 55.9 cm³/mol.